The summed E-state index contributed by atoms with van der Waals surface area (Å²) in [5, 5.41) is 2.62. The molecule has 0 spiro atoms. The van der Waals surface area contributed by atoms with Gasteiger partial charge in [0.25, 0.3) is 5.91 Å². The number of hydrogen-bond donors (Lipinski definition) is 1. The smallest absolute Gasteiger partial charge is 0.252 e. The number of piperazine rings is 1. The molecule has 2 aliphatic heterocycles. The summed E-state index contributed by atoms with van der Waals surface area (Å²) < 4.78 is 5.72. The highest BCUT2D eigenvalue weighted by Crippen LogP contribution is 2.31. The third-order valence-corrected chi connectivity index (χ3v) is 5.63. The van der Waals surface area contributed by atoms with E-state index in [1.807, 2.05) is 12.1 Å². The zero-order chi connectivity index (χ0) is 18.8. The Morgan fingerprint density at radius 2 is 2.00 bits per heavy atom. The lowest BCUT2D eigenvalue weighted by Crippen LogP contribution is -2.47. The van der Waals surface area contributed by atoms with Crippen LogP contribution in [0, 0.1) is 0 Å². The summed E-state index contributed by atoms with van der Waals surface area (Å²) in [4.78, 5) is 20.9. The summed E-state index contributed by atoms with van der Waals surface area (Å²) in [7, 11) is 1.63. The Balaban J connectivity index is 1.37. The Morgan fingerprint density at radius 3 is 2.70 bits per heavy atom. The Hall–Kier alpha value is -2.60. The van der Waals surface area contributed by atoms with Crippen LogP contribution in [0.4, 0.5) is 5.82 Å². The number of carbonyl (C=O) groups is 1. The Morgan fingerprint density at radius 1 is 1.19 bits per heavy atom. The Kier molecular flexibility index (Phi) is 4.99. The lowest BCUT2D eigenvalue weighted by molar-refractivity contribution is 0.0962. The number of rotatable bonds is 4. The van der Waals surface area contributed by atoms with Crippen LogP contribution in [0.5, 0.6) is 5.75 Å². The van der Waals surface area contributed by atoms with Gasteiger partial charge in [-0.25, -0.2) is 4.98 Å². The van der Waals surface area contributed by atoms with Crippen molar-refractivity contribution in [3.8, 4) is 5.75 Å². The number of amides is 1. The van der Waals surface area contributed by atoms with E-state index in [0.29, 0.717) is 11.6 Å². The first kappa shape index (κ1) is 17.8. The number of nitrogens with one attached hydrogen (secondary N) is 1. The number of anilines is 1. The minimum absolute atomic E-state index is 0.106. The molecule has 6 nitrogen and oxygen atoms in total. The zero-order valence-corrected chi connectivity index (χ0v) is 15.9. The first-order valence-electron chi connectivity index (χ1n) is 9.58. The van der Waals surface area contributed by atoms with Crippen molar-refractivity contribution in [1.82, 2.24) is 15.2 Å². The number of ether oxygens (including phenoxy) is 1. The number of hydrogen-bond acceptors (Lipinski definition) is 5. The molecule has 1 saturated heterocycles. The molecule has 3 heterocycles. The van der Waals surface area contributed by atoms with Crippen molar-refractivity contribution in [2.24, 2.45) is 0 Å². The fourth-order valence-electron chi connectivity index (χ4n) is 3.84. The van der Waals surface area contributed by atoms with Crippen LogP contribution < -0.4 is 15.0 Å². The molecule has 1 aromatic heterocycles. The van der Waals surface area contributed by atoms with E-state index in [4.69, 9.17) is 4.74 Å². The standard InChI is InChI=1S/C21H26N4O2/c1-15(17-4-3-16-7-12-27-19(16)13-17)24-8-10-25(11-9-24)20-6-5-18(14-23-20)21(26)22-2/h3-6,13-15H,7-12H2,1-2H3,(H,22,26). The summed E-state index contributed by atoms with van der Waals surface area (Å²) in [5.41, 5.74) is 3.23. The summed E-state index contributed by atoms with van der Waals surface area (Å²) in [6.07, 6.45) is 2.67. The van der Waals surface area contributed by atoms with Crippen LogP contribution >= 0.6 is 0 Å². The maximum Gasteiger partial charge on any atom is 0.252 e. The second-order valence-corrected chi connectivity index (χ2v) is 7.15. The highest BCUT2D eigenvalue weighted by molar-refractivity contribution is 5.93. The third kappa shape index (κ3) is 3.62. The van der Waals surface area contributed by atoms with Crippen molar-refractivity contribution in [3.63, 3.8) is 0 Å². The maximum absolute atomic E-state index is 11.6. The maximum atomic E-state index is 11.6. The van der Waals surface area contributed by atoms with Crippen LogP contribution in [0.2, 0.25) is 0 Å². The highest BCUT2D eigenvalue weighted by atomic mass is 16.5. The third-order valence-electron chi connectivity index (χ3n) is 5.63. The van der Waals surface area contributed by atoms with Crippen LogP contribution in [-0.4, -0.2) is 55.6 Å². The lowest BCUT2D eigenvalue weighted by Gasteiger charge is -2.38. The molecule has 0 radical (unpaired) electrons. The average Bonchev–Trinajstić information content (AvgIpc) is 3.21. The van der Waals surface area contributed by atoms with E-state index < -0.39 is 0 Å². The van der Waals surface area contributed by atoms with E-state index in [-0.39, 0.29) is 5.91 Å². The minimum atomic E-state index is -0.106. The topological polar surface area (TPSA) is 57.7 Å². The number of aromatic nitrogens is 1. The van der Waals surface area contributed by atoms with Crippen LogP contribution in [-0.2, 0) is 6.42 Å². The molecule has 1 unspecified atom stereocenters. The first-order valence-corrected chi connectivity index (χ1v) is 9.58. The fourth-order valence-corrected chi connectivity index (χ4v) is 3.84. The van der Waals surface area contributed by atoms with Crippen molar-refractivity contribution in [2.45, 2.75) is 19.4 Å². The molecular formula is C21H26N4O2. The summed E-state index contributed by atoms with van der Waals surface area (Å²) in [6, 6.07) is 10.8. The van der Waals surface area contributed by atoms with Gasteiger partial charge in [0.1, 0.15) is 11.6 Å². The van der Waals surface area contributed by atoms with Crippen molar-refractivity contribution in [1.29, 1.82) is 0 Å². The first-order chi connectivity index (χ1) is 13.2. The van der Waals surface area contributed by atoms with Gasteiger partial charge in [-0.15, -0.1) is 0 Å². The Labute approximate surface area is 160 Å². The number of fused-ring (bicyclic) bond motifs is 1. The van der Waals surface area contributed by atoms with E-state index in [1.165, 1.54) is 11.1 Å². The minimum Gasteiger partial charge on any atom is -0.493 e. The van der Waals surface area contributed by atoms with Crippen molar-refractivity contribution in [3.05, 3.63) is 53.2 Å². The summed E-state index contributed by atoms with van der Waals surface area (Å²) in [6.45, 7) is 6.90. The van der Waals surface area contributed by atoms with Crippen LogP contribution in [0.1, 0.15) is 34.5 Å². The molecule has 1 amide bonds. The van der Waals surface area contributed by atoms with E-state index >= 15 is 0 Å². The number of nitrogens with zero attached hydrogens (tertiary/aromatic N) is 3. The predicted octanol–water partition coefficient (Wildman–Crippen LogP) is 2.26. The predicted molar refractivity (Wildman–Crippen MR) is 105 cm³/mol. The van der Waals surface area contributed by atoms with E-state index in [1.54, 1.807) is 13.2 Å². The van der Waals surface area contributed by atoms with E-state index in [9.17, 15) is 4.79 Å². The van der Waals surface area contributed by atoms with E-state index in [0.717, 1.165) is 50.8 Å². The lowest BCUT2D eigenvalue weighted by atomic mass is 10.0. The quantitative estimate of drug-likeness (QED) is 0.900. The second-order valence-electron chi connectivity index (χ2n) is 7.15. The molecule has 1 N–H and O–H groups in total. The summed E-state index contributed by atoms with van der Waals surface area (Å²) in [5.74, 6) is 1.88. The molecule has 0 saturated carbocycles. The largest absolute Gasteiger partial charge is 0.493 e. The van der Waals surface area contributed by atoms with Gasteiger partial charge in [-0.3, -0.25) is 9.69 Å². The van der Waals surface area contributed by atoms with Gasteiger partial charge < -0.3 is 15.0 Å². The average molecular weight is 366 g/mol. The molecule has 0 bridgehead atoms. The van der Waals surface area contributed by atoms with Gasteiger partial charge in [0.15, 0.2) is 0 Å². The van der Waals surface area contributed by atoms with Crippen molar-refractivity contribution >= 4 is 11.7 Å². The monoisotopic (exact) mass is 366 g/mol. The molecule has 1 fully saturated rings. The van der Waals surface area contributed by atoms with Crippen molar-refractivity contribution in [2.75, 3.05) is 44.7 Å². The van der Waals surface area contributed by atoms with Crippen LogP contribution in [0.25, 0.3) is 0 Å². The van der Waals surface area contributed by atoms with Gasteiger partial charge in [-0.1, -0.05) is 12.1 Å². The van der Waals surface area contributed by atoms with Gasteiger partial charge in [-0.2, -0.15) is 0 Å². The van der Waals surface area contributed by atoms with Crippen LogP contribution in [0.3, 0.4) is 0 Å². The van der Waals surface area contributed by atoms with Gasteiger partial charge in [0, 0.05) is 51.9 Å². The zero-order valence-electron chi connectivity index (χ0n) is 15.9. The molecular weight excluding hydrogens is 340 g/mol. The molecule has 2 aromatic rings. The van der Waals surface area contributed by atoms with Gasteiger partial charge in [0.05, 0.1) is 12.2 Å². The molecule has 4 rings (SSSR count). The molecule has 1 aromatic carbocycles. The van der Waals surface area contributed by atoms with Crippen LogP contribution in [0.15, 0.2) is 36.5 Å². The molecule has 27 heavy (non-hydrogen) atoms. The molecule has 6 heteroatoms. The normalized spacial score (nSPS) is 17.9. The van der Waals surface area contributed by atoms with Gasteiger partial charge in [-0.05, 0) is 36.2 Å². The SMILES string of the molecule is CNC(=O)c1ccc(N2CCN(C(C)c3ccc4c(c3)OCC4)CC2)nc1. The molecule has 142 valence electrons. The fraction of sp³-hybridized carbons (Fsp3) is 0.429. The van der Waals surface area contributed by atoms with E-state index in [2.05, 4.69) is 45.2 Å². The molecule has 0 aliphatic carbocycles. The highest BCUT2D eigenvalue weighted by Gasteiger charge is 2.24. The second kappa shape index (κ2) is 7.56. The number of pyridine rings is 1. The summed E-state index contributed by atoms with van der Waals surface area (Å²) >= 11 is 0. The molecule has 2 aliphatic rings. The number of benzene rings is 1. The Bertz CT molecular complexity index is 813. The van der Waals surface area contributed by atoms with Gasteiger partial charge in [0.2, 0.25) is 0 Å². The van der Waals surface area contributed by atoms with Crippen molar-refractivity contribution < 1.29 is 9.53 Å². The molecule has 1 atom stereocenters. The number of carbonyl (C=O) groups excluding carboxylic acids is 1. The van der Waals surface area contributed by atoms with Gasteiger partial charge >= 0.3 is 0 Å².